The largest absolute Gasteiger partial charge is 0.263 e. The highest BCUT2D eigenvalue weighted by atomic mass is 14.6. The van der Waals surface area contributed by atoms with E-state index in [1.807, 2.05) is 24.3 Å². The molecule has 3 aromatic rings. The Hall–Kier alpha value is -4.24. The van der Waals surface area contributed by atoms with Gasteiger partial charge in [-0.15, -0.1) is 12.8 Å². The summed E-state index contributed by atoms with van der Waals surface area (Å²) >= 11 is 0. The number of nitrogens with zero attached hydrogens (tertiary/aromatic N) is 2. The Morgan fingerprint density at radius 1 is 0.538 bits per heavy atom. The van der Waals surface area contributed by atoms with Gasteiger partial charge in [0.1, 0.15) is 0 Å². The van der Waals surface area contributed by atoms with Crippen LogP contribution in [0.25, 0.3) is 0 Å². The molecule has 2 heterocycles. The summed E-state index contributed by atoms with van der Waals surface area (Å²) in [7, 11) is 0. The fourth-order valence-electron chi connectivity index (χ4n) is 2.21. The number of benzene rings is 1. The van der Waals surface area contributed by atoms with Crippen molar-refractivity contribution in [1.82, 2.24) is 9.97 Å². The van der Waals surface area contributed by atoms with E-state index in [1.54, 1.807) is 36.9 Å². The SMILES string of the molecule is C#Cc1ccncc1C#Cc1ccccc1C#Cc1cnccc1C#C. The summed E-state index contributed by atoms with van der Waals surface area (Å²) in [6.07, 6.45) is 17.6. The summed E-state index contributed by atoms with van der Waals surface area (Å²) < 4.78 is 0. The summed E-state index contributed by atoms with van der Waals surface area (Å²) in [4.78, 5) is 8.14. The average Bonchev–Trinajstić information content (AvgIpc) is 2.71. The molecule has 0 spiro atoms. The van der Waals surface area contributed by atoms with Crippen molar-refractivity contribution in [1.29, 1.82) is 0 Å². The standard InChI is InChI=1S/C24H12N2/c1-3-19-13-15-25-17-23(19)11-9-21-7-5-6-8-22(21)10-12-24-18-26-16-14-20(24)4-2/h1-2,5-8,13-18H. The number of hydrogen-bond acceptors (Lipinski definition) is 2. The van der Waals surface area contributed by atoms with Gasteiger partial charge in [0.05, 0.1) is 11.1 Å². The molecule has 118 valence electrons. The molecule has 0 aliphatic heterocycles. The first-order valence-electron chi connectivity index (χ1n) is 7.76. The fraction of sp³-hybridized carbons (Fsp3) is 0. The monoisotopic (exact) mass is 328 g/mol. The zero-order valence-corrected chi connectivity index (χ0v) is 13.8. The highest BCUT2D eigenvalue weighted by Crippen LogP contribution is 2.09. The van der Waals surface area contributed by atoms with Crippen molar-refractivity contribution in [2.24, 2.45) is 0 Å². The van der Waals surface area contributed by atoms with Crippen molar-refractivity contribution < 1.29 is 0 Å². The minimum atomic E-state index is 0.708. The predicted molar refractivity (Wildman–Crippen MR) is 103 cm³/mol. The third-order valence-electron chi connectivity index (χ3n) is 3.54. The van der Waals surface area contributed by atoms with Crippen LogP contribution in [-0.2, 0) is 0 Å². The summed E-state index contributed by atoms with van der Waals surface area (Å²) in [6, 6.07) is 11.2. The first-order chi connectivity index (χ1) is 12.8. The molecule has 0 aliphatic rings. The molecule has 2 nitrogen and oxygen atoms in total. The van der Waals surface area contributed by atoms with Crippen molar-refractivity contribution in [2.45, 2.75) is 0 Å². The Labute approximate surface area is 153 Å². The fourth-order valence-corrected chi connectivity index (χ4v) is 2.21. The van der Waals surface area contributed by atoms with Crippen molar-refractivity contribution >= 4 is 0 Å². The van der Waals surface area contributed by atoms with Crippen LogP contribution in [-0.4, -0.2) is 9.97 Å². The lowest BCUT2D eigenvalue weighted by molar-refractivity contribution is 1.30. The molecule has 3 rings (SSSR count). The van der Waals surface area contributed by atoms with Crippen molar-refractivity contribution in [3.8, 4) is 48.4 Å². The van der Waals surface area contributed by atoms with E-state index in [4.69, 9.17) is 12.8 Å². The number of pyridine rings is 2. The van der Waals surface area contributed by atoms with Crippen LogP contribution in [0.4, 0.5) is 0 Å². The summed E-state index contributed by atoms with van der Waals surface area (Å²) in [5.41, 5.74) is 4.45. The maximum absolute atomic E-state index is 5.50. The summed E-state index contributed by atoms with van der Waals surface area (Å²) in [5.74, 6) is 17.6. The van der Waals surface area contributed by atoms with Crippen LogP contribution in [0.15, 0.2) is 61.2 Å². The molecule has 0 radical (unpaired) electrons. The molecule has 0 saturated carbocycles. The molecule has 0 bridgehead atoms. The Morgan fingerprint density at radius 2 is 0.962 bits per heavy atom. The predicted octanol–water partition coefficient (Wildman–Crippen LogP) is 3.24. The van der Waals surface area contributed by atoms with E-state index < -0.39 is 0 Å². The van der Waals surface area contributed by atoms with E-state index in [1.165, 1.54) is 0 Å². The third-order valence-corrected chi connectivity index (χ3v) is 3.54. The number of aromatic nitrogens is 2. The highest BCUT2D eigenvalue weighted by molar-refractivity contribution is 5.57. The zero-order valence-electron chi connectivity index (χ0n) is 13.8. The molecule has 0 unspecified atom stereocenters. The number of terminal acetylenes is 2. The highest BCUT2D eigenvalue weighted by Gasteiger charge is 1.99. The first-order valence-corrected chi connectivity index (χ1v) is 7.76. The van der Waals surface area contributed by atoms with E-state index in [9.17, 15) is 0 Å². The van der Waals surface area contributed by atoms with Crippen LogP contribution in [0.2, 0.25) is 0 Å². The average molecular weight is 328 g/mol. The maximum Gasteiger partial charge on any atom is 0.0588 e. The van der Waals surface area contributed by atoms with Gasteiger partial charge in [0.25, 0.3) is 0 Å². The van der Waals surface area contributed by atoms with Gasteiger partial charge in [-0.3, -0.25) is 9.97 Å². The second-order valence-electron chi connectivity index (χ2n) is 5.18. The lowest BCUT2D eigenvalue weighted by Crippen LogP contribution is -1.88. The molecule has 0 amide bonds. The molecule has 0 fully saturated rings. The van der Waals surface area contributed by atoms with Gasteiger partial charge in [0.15, 0.2) is 0 Å². The molecular weight excluding hydrogens is 316 g/mol. The molecule has 26 heavy (non-hydrogen) atoms. The lowest BCUT2D eigenvalue weighted by atomic mass is 10.1. The Morgan fingerprint density at radius 3 is 1.38 bits per heavy atom. The quantitative estimate of drug-likeness (QED) is 0.592. The minimum Gasteiger partial charge on any atom is -0.263 e. The number of hydrogen-bond donors (Lipinski definition) is 0. The van der Waals surface area contributed by atoms with Gasteiger partial charge < -0.3 is 0 Å². The lowest BCUT2D eigenvalue weighted by Gasteiger charge is -1.97. The van der Waals surface area contributed by atoms with Crippen LogP contribution in [0, 0.1) is 48.4 Å². The van der Waals surface area contributed by atoms with Gasteiger partial charge in [-0.25, -0.2) is 0 Å². The second kappa shape index (κ2) is 8.04. The summed E-state index contributed by atoms with van der Waals surface area (Å²) in [5, 5.41) is 0. The van der Waals surface area contributed by atoms with Crippen LogP contribution in [0.1, 0.15) is 33.4 Å². The Balaban J connectivity index is 2.00. The first kappa shape index (κ1) is 16.6. The second-order valence-corrected chi connectivity index (χ2v) is 5.18. The van der Waals surface area contributed by atoms with E-state index in [2.05, 4.69) is 45.5 Å². The molecule has 0 saturated heterocycles. The van der Waals surface area contributed by atoms with Gasteiger partial charge >= 0.3 is 0 Å². The van der Waals surface area contributed by atoms with E-state index in [0.29, 0.717) is 22.3 Å². The van der Waals surface area contributed by atoms with E-state index >= 15 is 0 Å². The van der Waals surface area contributed by atoms with Gasteiger partial charge in [0.2, 0.25) is 0 Å². The Kier molecular flexibility index (Phi) is 5.13. The maximum atomic E-state index is 5.50. The molecule has 2 heteroatoms. The van der Waals surface area contributed by atoms with Gasteiger partial charge in [-0.1, -0.05) is 47.7 Å². The van der Waals surface area contributed by atoms with Crippen LogP contribution < -0.4 is 0 Å². The molecule has 1 aromatic carbocycles. The summed E-state index contributed by atoms with van der Waals surface area (Å²) in [6.45, 7) is 0. The van der Waals surface area contributed by atoms with Crippen molar-refractivity contribution in [3.05, 3.63) is 94.6 Å². The zero-order chi connectivity index (χ0) is 18.2. The van der Waals surface area contributed by atoms with Gasteiger partial charge in [0, 0.05) is 47.0 Å². The van der Waals surface area contributed by atoms with E-state index in [-0.39, 0.29) is 0 Å². The molecule has 0 N–H and O–H groups in total. The molecule has 0 aliphatic carbocycles. The van der Waals surface area contributed by atoms with Crippen LogP contribution in [0.5, 0.6) is 0 Å². The smallest absolute Gasteiger partial charge is 0.0588 e. The van der Waals surface area contributed by atoms with Crippen LogP contribution >= 0.6 is 0 Å². The van der Waals surface area contributed by atoms with Crippen molar-refractivity contribution in [3.63, 3.8) is 0 Å². The molecule has 0 atom stereocenters. The minimum absolute atomic E-state index is 0.708. The van der Waals surface area contributed by atoms with E-state index in [0.717, 1.165) is 11.1 Å². The van der Waals surface area contributed by atoms with Crippen LogP contribution in [0.3, 0.4) is 0 Å². The van der Waals surface area contributed by atoms with Crippen molar-refractivity contribution in [2.75, 3.05) is 0 Å². The van der Waals surface area contributed by atoms with Gasteiger partial charge in [-0.2, -0.15) is 0 Å². The van der Waals surface area contributed by atoms with Gasteiger partial charge in [-0.05, 0) is 24.3 Å². The number of rotatable bonds is 0. The molecule has 2 aromatic heterocycles. The Bertz CT molecular complexity index is 1070. The molecular formula is C24H12N2. The normalized spacial score (nSPS) is 8.85. The topological polar surface area (TPSA) is 25.8 Å². The third kappa shape index (κ3) is 3.80.